The average Bonchev–Trinajstić information content (AvgIpc) is 3.22. The monoisotopic (exact) mass is 447 g/mol. The Bertz CT molecular complexity index is 1260. The highest BCUT2D eigenvalue weighted by molar-refractivity contribution is 7.98. The summed E-state index contributed by atoms with van der Waals surface area (Å²) in [5.41, 5.74) is 2.42. The number of carbonyl (C=O) groups excluding carboxylic acids is 1. The second-order valence-corrected chi connectivity index (χ2v) is 8.27. The Hall–Kier alpha value is -3.52. The molecule has 0 saturated heterocycles. The molecule has 7 nitrogen and oxygen atoms in total. The number of carbonyl (C=O) groups is 1. The maximum absolute atomic E-state index is 13.2. The van der Waals surface area contributed by atoms with Crippen molar-refractivity contribution in [3.05, 3.63) is 77.8 Å². The van der Waals surface area contributed by atoms with Crippen molar-refractivity contribution in [1.29, 1.82) is 0 Å². The average molecular weight is 448 g/mol. The van der Waals surface area contributed by atoms with E-state index in [4.69, 9.17) is 13.9 Å². The minimum Gasteiger partial charge on any atom is -0.486 e. The number of nitrogens with zero attached hydrogens (tertiary/aromatic N) is 2. The van der Waals surface area contributed by atoms with Crippen molar-refractivity contribution in [2.45, 2.75) is 23.9 Å². The zero-order valence-corrected chi connectivity index (χ0v) is 18.2. The van der Waals surface area contributed by atoms with Crippen LogP contribution >= 0.6 is 11.8 Å². The number of furan rings is 1. The fourth-order valence-electron chi connectivity index (χ4n) is 3.60. The Kier molecular flexibility index (Phi) is 5.68. The highest BCUT2D eigenvalue weighted by Gasteiger charge is 2.23. The molecule has 0 radical (unpaired) electrons. The van der Waals surface area contributed by atoms with Crippen molar-refractivity contribution >= 4 is 28.6 Å². The summed E-state index contributed by atoms with van der Waals surface area (Å²) in [4.78, 5) is 21.7. The number of benzene rings is 2. The second-order valence-electron chi connectivity index (χ2n) is 7.32. The summed E-state index contributed by atoms with van der Waals surface area (Å²) in [5, 5.41) is 4.61. The summed E-state index contributed by atoms with van der Waals surface area (Å²) in [6.07, 6.45) is 3.40. The third-order valence-electron chi connectivity index (χ3n) is 5.21. The predicted molar refractivity (Wildman–Crippen MR) is 121 cm³/mol. The van der Waals surface area contributed by atoms with Crippen LogP contribution in [0, 0.1) is 0 Å². The van der Waals surface area contributed by atoms with Crippen LogP contribution in [0.5, 0.6) is 11.5 Å². The Balaban J connectivity index is 1.39. The highest BCUT2D eigenvalue weighted by atomic mass is 32.2. The number of rotatable bonds is 6. The molecule has 5 rings (SSSR count). The van der Waals surface area contributed by atoms with E-state index in [9.17, 15) is 4.79 Å². The van der Waals surface area contributed by atoms with Crippen LogP contribution in [0.15, 0.2) is 70.5 Å². The van der Waals surface area contributed by atoms with Crippen molar-refractivity contribution in [1.82, 2.24) is 15.3 Å². The zero-order valence-electron chi connectivity index (χ0n) is 17.4. The van der Waals surface area contributed by atoms with Gasteiger partial charge in [-0.3, -0.25) is 4.79 Å². The van der Waals surface area contributed by atoms with Gasteiger partial charge < -0.3 is 19.2 Å². The maximum atomic E-state index is 13.2. The fourth-order valence-corrected chi connectivity index (χ4v) is 4.43. The molecule has 4 aromatic rings. The second kappa shape index (κ2) is 8.92. The van der Waals surface area contributed by atoms with Gasteiger partial charge in [-0.05, 0) is 36.8 Å². The minimum absolute atomic E-state index is 0.246. The molecule has 1 amide bonds. The van der Waals surface area contributed by atoms with E-state index in [0.29, 0.717) is 41.2 Å². The van der Waals surface area contributed by atoms with Crippen molar-refractivity contribution in [2.75, 3.05) is 13.2 Å². The summed E-state index contributed by atoms with van der Waals surface area (Å²) in [7, 11) is 0. The smallest absolute Gasteiger partial charge is 0.287 e. The lowest BCUT2D eigenvalue weighted by Gasteiger charge is -2.21. The van der Waals surface area contributed by atoms with Crippen LogP contribution < -0.4 is 14.8 Å². The molecule has 2 aromatic heterocycles. The number of amides is 1. The van der Waals surface area contributed by atoms with E-state index in [2.05, 4.69) is 15.3 Å². The molecule has 1 unspecified atom stereocenters. The van der Waals surface area contributed by atoms with E-state index in [0.717, 1.165) is 22.3 Å². The van der Waals surface area contributed by atoms with Crippen LogP contribution in [0.2, 0.25) is 0 Å². The lowest BCUT2D eigenvalue weighted by molar-refractivity contribution is 0.0913. The highest BCUT2D eigenvalue weighted by Crippen LogP contribution is 2.34. The van der Waals surface area contributed by atoms with Gasteiger partial charge >= 0.3 is 0 Å². The molecule has 0 saturated carbocycles. The number of hydrogen-bond acceptors (Lipinski definition) is 7. The van der Waals surface area contributed by atoms with E-state index < -0.39 is 0 Å². The molecule has 0 fully saturated rings. The number of nitrogens with one attached hydrogen (secondary N) is 1. The van der Waals surface area contributed by atoms with Crippen LogP contribution in [-0.4, -0.2) is 29.1 Å². The number of thioether (sulfide) groups is 1. The molecular formula is C24H21N3O4S. The molecule has 3 heterocycles. The topological polar surface area (TPSA) is 86.5 Å². The lowest BCUT2D eigenvalue weighted by atomic mass is 10.1. The van der Waals surface area contributed by atoms with Crippen molar-refractivity contribution in [3.63, 3.8) is 0 Å². The number of fused-ring (bicyclic) bond motifs is 2. The summed E-state index contributed by atoms with van der Waals surface area (Å²) >= 11 is 1.46. The molecule has 1 aliphatic heterocycles. The minimum atomic E-state index is -0.270. The normalized spacial score (nSPS) is 13.7. The molecule has 1 atom stereocenters. The molecule has 1 aliphatic rings. The first kappa shape index (κ1) is 20.4. The first-order valence-corrected chi connectivity index (χ1v) is 11.3. The summed E-state index contributed by atoms with van der Waals surface area (Å²) in [6, 6.07) is 14.9. The molecular weight excluding hydrogens is 426 g/mol. The summed E-state index contributed by atoms with van der Waals surface area (Å²) in [5.74, 6) is 1.96. The van der Waals surface area contributed by atoms with Crippen LogP contribution in [0.1, 0.15) is 34.6 Å². The standard InChI is InChI=1S/C24H21N3O4S/c1-15(16-7-8-20-21(13-16)30-12-11-29-20)27-23(28)22-18(14-32-24-25-9-4-10-26-24)17-5-2-3-6-19(17)31-22/h2-10,13,15H,11-12,14H2,1H3,(H,27,28). The van der Waals surface area contributed by atoms with Crippen LogP contribution in [0.3, 0.4) is 0 Å². The molecule has 0 bridgehead atoms. The Morgan fingerprint density at radius 1 is 1.06 bits per heavy atom. The van der Waals surface area contributed by atoms with E-state index in [1.165, 1.54) is 11.8 Å². The van der Waals surface area contributed by atoms with Gasteiger partial charge in [0.1, 0.15) is 18.8 Å². The molecule has 8 heteroatoms. The van der Waals surface area contributed by atoms with Gasteiger partial charge in [0.25, 0.3) is 5.91 Å². The molecule has 32 heavy (non-hydrogen) atoms. The fraction of sp³-hybridized carbons (Fsp3) is 0.208. The number of para-hydroxylation sites is 1. The van der Waals surface area contributed by atoms with E-state index in [1.54, 1.807) is 18.5 Å². The lowest BCUT2D eigenvalue weighted by Crippen LogP contribution is -2.27. The molecule has 0 aliphatic carbocycles. The van der Waals surface area contributed by atoms with Gasteiger partial charge in [0.05, 0.1) is 6.04 Å². The summed E-state index contributed by atoms with van der Waals surface area (Å²) < 4.78 is 17.2. The van der Waals surface area contributed by atoms with Gasteiger partial charge in [0, 0.05) is 29.1 Å². The molecule has 2 aromatic carbocycles. The van der Waals surface area contributed by atoms with Crippen molar-refractivity contribution in [3.8, 4) is 11.5 Å². The number of aromatic nitrogens is 2. The van der Waals surface area contributed by atoms with Gasteiger partial charge in [0.2, 0.25) is 0 Å². The van der Waals surface area contributed by atoms with E-state index >= 15 is 0 Å². The first-order valence-electron chi connectivity index (χ1n) is 10.3. The van der Waals surface area contributed by atoms with Crippen molar-refractivity contribution in [2.24, 2.45) is 0 Å². The van der Waals surface area contributed by atoms with Gasteiger partial charge in [-0.15, -0.1) is 0 Å². The van der Waals surface area contributed by atoms with Crippen LogP contribution in [-0.2, 0) is 5.75 Å². The van der Waals surface area contributed by atoms with Crippen LogP contribution in [0.4, 0.5) is 0 Å². The van der Waals surface area contributed by atoms with Gasteiger partial charge in [-0.2, -0.15) is 0 Å². The largest absolute Gasteiger partial charge is 0.486 e. The summed E-state index contributed by atoms with van der Waals surface area (Å²) in [6.45, 7) is 2.99. The number of ether oxygens (including phenoxy) is 2. The molecule has 1 N–H and O–H groups in total. The van der Waals surface area contributed by atoms with Gasteiger partial charge in [-0.25, -0.2) is 9.97 Å². The van der Waals surface area contributed by atoms with Crippen LogP contribution in [0.25, 0.3) is 11.0 Å². The molecule has 162 valence electrons. The first-order chi connectivity index (χ1) is 15.7. The number of hydrogen-bond donors (Lipinski definition) is 1. The van der Waals surface area contributed by atoms with E-state index in [-0.39, 0.29) is 11.9 Å². The third kappa shape index (κ3) is 4.13. The van der Waals surface area contributed by atoms with Crippen molar-refractivity contribution < 1.29 is 18.7 Å². The van der Waals surface area contributed by atoms with Gasteiger partial charge in [0.15, 0.2) is 22.4 Å². The Morgan fingerprint density at radius 2 is 1.84 bits per heavy atom. The quantitative estimate of drug-likeness (QED) is 0.336. The van der Waals surface area contributed by atoms with Gasteiger partial charge in [-0.1, -0.05) is 36.0 Å². The SMILES string of the molecule is CC(NC(=O)c1oc2ccccc2c1CSc1ncccn1)c1ccc2c(c1)OCCO2. The maximum Gasteiger partial charge on any atom is 0.287 e. The Morgan fingerprint density at radius 3 is 2.69 bits per heavy atom. The third-order valence-corrected chi connectivity index (χ3v) is 6.11. The molecule has 0 spiro atoms. The zero-order chi connectivity index (χ0) is 21.9. The predicted octanol–water partition coefficient (Wildman–Crippen LogP) is 4.78. The Labute approximate surface area is 189 Å². The van der Waals surface area contributed by atoms with E-state index in [1.807, 2.05) is 49.4 Å².